The standard InChI is InChI=1S/C19H21BrO/c1-2-18-17(12-13-21-18)19(20)16-10-8-15(9-11-16)14-6-4-3-5-7-14/h3-11,17-19H,2,12-13H2,1H3. The van der Waals surface area contributed by atoms with Gasteiger partial charge in [-0.25, -0.2) is 0 Å². The quantitative estimate of drug-likeness (QED) is 0.655. The molecule has 21 heavy (non-hydrogen) atoms. The van der Waals surface area contributed by atoms with E-state index in [-0.39, 0.29) is 0 Å². The number of halogens is 1. The SMILES string of the molecule is CCC1OCCC1C(Br)c1ccc(-c2ccccc2)cc1. The first-order valence-corrected chi connectivity index (χ1v) is 8.62. The van der Waals surface area contributed by atoms with Gasteiger partial charge < -0.3 is 4.74 Å². The van der Waals surface area contributed by atoms with Gasteiger partial charge in [-0.2, -0.15) is 0 Å². The Morgan fingerprint density at radius 3 is 2.38 bits per heavy atom. The summed E-state index contributed by atoms with van der Waals surface area (Å²) in [5.74, 6) is 0.581. The molecule has 2 heteroatoms. The topological polar surface area (TPSA) is 9.23 Å². The summed E-state index contributed by atoms with van der Waals surface area (Å²) >= 11 is 3.89. The number of benzene rings is 2. The highest BCUT2D eigenvalue weighted by molar-refractivity contribution is 9.09. The molecule has 1 heterocycles. The van der Waals surface area contributed by atoms with Gasteiger partial charge in [-0.15, -0.1) is 0 Å². The van der Waals surface area contributed by atoms with Crippen molar-refractivity contribution in [2.45, 2.75) is 30.7 Å². The molecular weight excluding hydrogens is 324 g/mol. The van der Waals surface area contributed by atoms with Crippen LogP contribution in [0.5, 0.6) is 0 Å². The maximum atomic E-state index is 5.82. The largest absolute Gasteiger partial charge is 0.378 e. The van der Waals surface area contributed by atoms with Crippen molar-refractivity contribution >= 4 is 15.9 Å². The van der Waals surface area contributed by atoms with Crippen molar-refractivity contribution in [1.82, 2.24) is 0 Å². The summed E-state index contributed by atoms with van der Waals surface area (Å²) in [6.45, 7) is 3.11. The third-order valence-corrected chi connectivity index (χ3v) is 5.58. The summed E-state index contributed by atoms with van der Waals surface area (Å²) < 4.78 is 5.82. The van der Waals surface area contributed by atoms with E-state index in [9.17, 15) is 0 Å². The molecule has 0 saturated carbocycles. The Morgan fingerprint density at radius 1 is 1.05 bits per heavy atom. The summed E-state index contributed by atoms with van der Waals surface area (Å²) in [4.78, 5) is 0.384. The minimum atomic E-state index is 0.384. The molecule has 0 radical (unpaired) electrons. The van der Waals surface area contributed by atoms with Crippen LogP contribution < -0.4 is 0 Å². The van der Waals surface area contributed by atoms with E-state index in [0.717, 1.165) is 19.4 Å². The van der Waals surface area contributed by atoms with Crippen LogP contribution in [0.4, 0.5) is 0 Å². The molecule has 110 valence electrons. The van der Waals surface area contributed by atoms with E-state index in [1.165, 1.54) is 16.7 Å². The second kappa shape index (κ2) is 6.76. The zero-order chi connectivity index (χ0) is 14.7. The summed E-state index contributed by atoms with van der Waals surface area (Å²) in [7, 11) is 0. The maximum Gasteiger partial charge on any atom is 0.0615 e. The third-order valence-electron chi connectivity index (χ3n) is 4.38. The lowest BCUT2D eigenvalue weighted by atomic mass is 9.91. The fraction of sp³-hybridized carbons (Fsp3) is 0.368. The zero-order valence-electron chi connectivity index (χ0n) is 12.3. The van der Waals surface area contributed by atoms with Crippen molar-refractivity contribution in [3.63, 3.8) is 0 Å². The van der Waals surface area contributed by atoms with E-state index in [1.807, 2.05) is 0 Å². The van der Waals surface area contributed by atoms with Crippen LogP contribution in [0.2, 0.25) is 0 Å². The second-order valence-corrected chi connectivity index (χ2v) is 6.65. The average molecular weight is 345 g/mol. The Hall–Kier alpha value is -1.12. The average Bonchev–Trinajstić information content (AvgIpc) is 3.04. The highest BCUT2D eigenvalue weighted by atomic mass is 79.9. The molecule has 2 aromatic carbocycles. The number of ether oxygens (including phenoxy) is 1. The molecule has 0 spiro atoms. The number of hydrogen-bond donors (Lipinski definition) is 0. The van der Waals surface area contributed by atoms with Crippen molar-refractivity contribution in [1.29, 1.82) is 0 Å². The molecule has 3 rings (SSSR count). The molecular formula is C19H21BrO. The van der Waals surface area contributed by atoms with Crippen molar-refractivity contribution < 1.29 is 4.74 Å². The van der Waals surface area contributed by atoms with Gasteiger partial charge in [0, 0.05) is 17.4 Å². The van der Waals surface area contributed by atoms with Crippen LogP contribution in [0, 0.1) is 5.92 Å². The molecule has 1 saturated heterocycles. The Labute approximate surface area is 135 Å². The van der Waals surface area contributed by atoms with Gasteiger partial charge in [0.15, 0.2) is 0 Å². The number of rotatable bonds is 4. The Balaban J connectivity index is 1.78. The van der Waals surface area contributed by atoms with Gasteiger partial charge in [0.25, 0.3) is 0 Å². The smallest absolute Gasteiger partial charge is 0.0615 e. The predicted octanol–water partition coefficient (Wildman–Crippen LogP) is 5.60. The number of alkyl halides is 1. The van der Waals surface area contributed by atoms with Crippen LogP contribution in [-0.2, 0) is 4.74 Å². The van der Waals surface area contributed by atoms with Crippen LogP contribution in [-0.4, -0.2) is 12.7 Å². The minimum absolute atomic E-state index is 0.384. The predicted molar refractivity (Wildman–Crippen MR) is 91.7 cm³/mol. The highest BCUT2D eigenvalue weighted by Gasteiger charge is 2.32. The lowest BCUT2D eigenvalue weighted by molar-refractivity contribution is 0.0873. The van der Waals surface area contributed by atoms with Crippen molar-refractivity contribution in [2.24, 2.45) is 5.92 Å². The van der Waals surface area contributed by atoms with Gasteiger partial charge in [-0.3, -0.25) is 0 Å². The molecule has 1 aliphatic rings. The van der Waals surface area contributed by atoms with Crippen molar-refractivity contribution in [3.05, 3.63) is 60.2 Å². The fourth-order valence-corrected chi connectivity index (χ4v) is 4.07. The van der Waals surface area contributed by atoms with Gasteiger partial charge in [0.1, 0.15) is 0 Å². The molecule has 2 aromatic rings. The van der Waals surface area contributed by atoms with Crippen molar-refractivity contribution in [3.8, 4) is 11.1 Å². The van der Waals surface area contributed by atoms with Crippen LogP contribution in [0.25, 0.3) is 11.1 Å². The molecule has 0 aliphatic carbocycles. The third kappa shape index (κ3) is 3.22. The summed E-state index contributed by atoms with van der Waals surface area (Å²) in [5.41, 5.74) is 3.89. The monoisotopic (exact) mass is 344 g/mol. The van der Waals surface area contributed by atoms with Crippen molar-refractivity contribution in [2.75, 3.05) is 6.61 Å². The van der Waals surface area contributed by atoms with Gasteiger partial charge in [0.05, 0.1) is 6.10 Å². The van der Waals surface area contributed by atoms with E-state index < -0.39 is 0 Å². The summed E-state index contributed by atoms with van der Waals surface area (Å²) in [6.07, 6.45) is 2.63. The van der Waals surface area contributed by atoms with Crippen LogP contribution >= 0.6 is 15.9 Å². The molecule has 0 amide bonds. The molecule has 3 atom stereocenters. The van der Waals surface area contributed by atoms with Crippen LogP contribution in [0.1, 0.15) is 30.2 Å². The fourth-order valence-electron chi connectivity index (χ4n) is 3.16. The van der Waals surface area contributed by atoms with E-state index >= 15 is 0 Å². The Kier molecular flexibility index (Phi) is 4.77. The Morgan fingerprint density at radius 2 is 1.71 bits per heavy atom. The first-order chi connectivity index (χ1) is 10.3. The van der Waals surface area contributed by atoms with Gasteiger partial charge in [-0.1, -0.05) is 77.5 Å². The normalized spacial score (nSPS) is 23.1. The van der Waals surface area contributed by atoms with Gasteiger partial charge >= 0.3 is 0 Å². The maximum absolute atomic E-state index is 5.82. The zero-order valence-corrected chi connectivity index (χ0v) is 13.9. The molecule has 1 nitrogen and oxygen atoms in total. The van der Waals surface area contributed by atoms with E-state index in [2.05, 4.69) is 77.5 Å². The molecule has 0 aromatic heterocycles. The van der Waals surface area contributed by atoms with E-state index in [1.54, 1.807) is 0 Å². The first kappa shape index (κ1) is 14.8. The number of hydrogen-bond acceptors (Lipinski definition) is 1. The molecule has 1 fully saturated rings. The first-order valence-electron chi connectivity index (χ1n) is 7.70. The lowest BCUT2D eigenvalue weighted by Crippen LogP contribution is -2.18. The van der Waals surface area contributed by atoms with Gasteiger partial charge in [-0.05, 0) is 29.5 Å². The minimum Gasteiger partial charge on any atom is -0.378 e. The molecule has 1 aliphatic heterocycles. The summed E-state index contributed by atoms with van der Waals surface area (Å²) in [5, 5.41) is 0. The van der Waals surface area contributed by atoms with Crippen LogP contribution in [0.15, 0.2) is 54.6 Å². The summed E-state index contributed by atoms with van der Waals surface area (Å²) in [6, 6.07) is 19.4. The molecule has 3 unspecified atom stereocenters. The lowest BCUT2D eigenvalue weighted by Gasteiger charge is -2.23. The Bertz CT molecular complexity index is 564. The molecule has 0 N–H and O–H groups in total. The second-order valence-electron chi connectivity index (χ2n) is 5.66. The van der Waals surface area contributed by atoms with E-state index in [0.29, 0.717) is 16.8 Å². The molecule has 0 bridgehead atoms. The highest BCUT2D eigenvalue weighted by Crippen LogP contribution is 2.40. The van der Waals surface area contributed by atoms with Gasteiger partial charge in [0.2, 0.25) is 0 Å². The van der Waals surface area contributed by atoms with Crippen LogP contribution in [0.3, 0.4) is 0 Å². The van der Waals surface area contributed by atoms with E-state index in [4.69, 9.17) is 4.74 Å².